The standard InChI is InChI=1S/C58H105N2O7P/c1-7-10-13-16-19-22-25-28-30-31-32-35-38-41-44-47-50-57(61)59-55(54-66-68(63,64)65-53-52-60(4,5)6)56(49-46-43-40-37-34-27-24-21-18-15-12-9-3)67-58(62)51-48-45-42-39-36-33-29-26-23-20-17-14-11-8-2/h11,14,20,23,29-33,35,46,49,55-56H,7-10,12-13,15-19,21-22,24-28,34,36-45,47-48,50-54H2,1-6H3,(H-,59,61,63,64)/b14-11+,23-20+,31-30+,33-29+,35-32+,49-46+. The van der Waals surface area contributed by atoms with Crippen molar-refractivity contribution in [1.82, 2.24) is 5.32 Å². The molecular formula is C58H105N2O7P. The summed E-state index contributed by atoms with van der Waals surface area (Å²) in [6.45, 7) is 6.67. The molecule has 0 bridgehead atoms. The van der Waals surface area contributed by atoms with Crippen molar-refractivity contribution in [2.45, 2.75) is 245 Å². The predicted molar refractivity (Wildman–Crippen MR) is 288 cm³/mol. The Balaban J connectivity index is 5.47. The summed E-state index contributed by atoms with van der Waals surface area (Å²) in [4.78, 5) is 39.8. The largest absolute Gasteiger partial charge is 0.756 e. The number of quaternary nitrogens is 1. The average Bonchev–Trinajstić information content (AvgIpc) is 3.29. The van der Waals surface area contributed by atoms with Crippen molar-refractivity contribution in [3.8, 4) is 0 Å². The zero-order valence-electron chi connectivity index (χ0n) is 44.8. The molecule has 394 valence electrons. The molecule has 0 spiro atoms. The molecule has 68 heavy (non-hydrogen) atoms. The normalized spacial score (nSPS) is 14.4. The van der Waals surface area contributed by atoms with Crippen molar-refractivity contribution < 1.29 is 37.3 Å². The van der Waals surface area contributed by atoms with Crippen LogP contribution in [0.15, 0.2) is 72.9 Å². The van der Waals surface area contributed by atoms with Gasteiger partial charge in [-0.1, -0.05) is 203 Å². The molecule has 3 unspecified atom stereocenters. The Morgan fingerprint density at radius 2 is 0.985 bits per heavy atom. The Hall–Kier alpha value is -2.55. The van der Waals surface area contributed by atoms with E-state index in [2.05, 4.69) is 86.8 Å². The highest BCUT2D eigenvalue weighted by Gasteiger charge is 2.27. The molecule has 0 aromatic heterocycles. The lowest BCUT2D eigenvalue weighted by atomic mass is 10.1. The molecule has 0 aliphatic rings. The number of phosphoric ester groups is 1. The van der Waals surface area contributed by atoms with Gasteiger partial charge in [-0.15, -0.1) is 0 Å². The van der Waals surface area contributed by atoms with Gasteiger partial charge in [-0.05, 0) is 89.5 Å². The van der Waals surface area contributed by atoms with E-state index in [4.69, 9.17) is 13.8 Å². The molecule has 0 aliphatic carbocycles. The van der Waals surface area contributed by atoms with Crippen LogP contribution >= 0.6 is 7.82 Å². The minimum absolute atomic E-state index is 0.0337. The second-order valence-corrected chi connectivity index (χ2v) is 21.1. The maximum absolute atomic E-state index is 13.4. The second-order valence-electron chi connectivity index (χ2n) is 19.7. The fraction of sp³-hybridized carbons (Fsp3) is 0.759. The van der Waals surface area contributed by atoms with Gasteiger partial charge in [0, 0.05) is 12.8 Å². The van der Waals surface area contributed by atoms with Crippen molar-refractivity contribution >= 4 is 19.7 Å². The summed E-state index contributed by atoms with van der Waals surface area (Å²) in [6, 6.07) is -0.912. The third-order valence-electron chi connectivity index (χ3n) is 11.9. The Labute approximate surface area is 419 Å². The summed E-state index contributed by atoms with van der Waals surface area (Å²) in [6.07, 6.45) is 60.1. The number of nitrogens with zero attached hydrogens (tertiary/aromatic N) is 1. The first-order valence-corrected chi connectivity index (χ1v) is 29.2. The Bertz CT molecular complexity index is 1400. The molecule has 10 heteroatoms. The van der Waals surface area contributed by atoms with Gasteiger partial charge in [0.25, 0.3) is 7.82 Å². The molecule has 9 nitrogen and oxygen atoms in total. The molecular weight excluding hydrogens is 868 g/mol. The summed E-state index contributed by atoms with van der Waals surface area (Å²) in [5.74, 6) is -0.601. The lowest BCUT2D eigenvalue weighted by Gasteiger charge is -2.30. The number of ether oxygens (including phenoxy) is 1. The molecule has 0 aromatic rings. The third kappa shape index (κ3) is 48.5. The zero-order valence-corrected chi connectivity index (χ0v) is 45.7. The molecule has 0 fully saturated rings. The van der Waals surface area contributed by atoms with Crippen LogP contribution in [-0.4, -0.2) is 69.4 Å². The third-order valence-corrected chi connectivity index (χ3v) is 12.9. The Morgan fingerprint density at radius 3 is 1.51 bits per heavy atom. The number of carbonyl (C=O) groups is 2. The molecule has 1 amide bonds. The van der Waals surface area contributed by atoms with Gasteiger partial charge in [-0.25, -0.2) is 0 Å². The Morgan fingerprint density at radius 1 is 0.544 bits per heavy atom. The fourth-order valence-electron chi connectivity index (χ4n) is 7.58. The number of carbonyl (C=O) groups excluding carboxylic acids is 2. The lowest BCUT2D eigenvalue weighted by Crippen LogP contribution is -2.47. The average molecular weight is 973 g/mol. The van der Waals surface area contributed by atoms with E-state index in [1.165, 1.54) is 96.3 Å². The number of hydrogen-bond acceptors (Lipinski definition) is 7. The molecule has 0 saturated heterocycles. The van der Waals surface area contributed by atoms with Crippen LogP contribution in [0.25, 0.3) is 0 Å². The molecule has 3 atom stereocenters. The molecule has 1 N–H and O–H groups in total. The number of allylic oxidation sites excluding steroid dienone is 11. The highest BCUT2D eigenvalue weighted by Crippen LogP contribution is 2.38. The number of amides is 1. The van der Waals surface area contributed by atoms with Crippen molar-refractivity contribution in [3.63, 3.8) is 0 Å². The summed E-state index contributed by atoms with van der Waals surface area (Å²) < 4.78 is 30.1. The van der Waals surface area contributed by atoms with Crippen LogP contribution < -0.4 is 10.2 Å². The van der Waals surface area contributed by atoms with Crippen LogP contribution in [0.5, 0.6) is 0 Å². The summed E-state index contributed by atoms with van der Waals surface area (Å²) in [5, 5.41) is 2.99. The molecule has 0 radical (unpaired) electrons. The summed E-state index contributed by atoms with van der Waals surface area (Å²) >= 11 is 0. The van der Waals surface area contributed by atoms with E-state index in [1.54, 1.807) is 0 Å². The quantitative estimate of drug-likeness (QED) is 0.0161. The van der Waals surface area contributed by atoms with Gasteiger partial charge in [-0.2, -0.15) is 0 Å². The summed E-state index contributed by atoms with van der Waals surface area (Å²) in [7, 11) is 1.15. The van der Waals surface area contributed by atoms with Gasteiger partial charge in [0.2, 0.25) is 5.91 Å². The molecule has 0 rings (SSSR count). The van der Waals surface area contributed by atoms with E-state index in [9.17, 15) is 19.0 Å². The number of phosphoric acid groups is 1. The number of hydrogen-bond donors (Lipinski definition) is 1. The van der Waals surface area contributed by atoms with E-state index in [0.29, 0.717) is 23.9 Å². The van der Waals surface area contributed by atoms with Crippen LogP contribution in [0, 0.1) is 0 Å². The van der Waals surface area contributed by atoms with E-state index >= 15 is 0 Å². The number of nitrogens with one attached hydrogen (secondary N) is 1. The number of likely N-dealkylation sites (N-methyl/N-ethyl adjacent to an activating group) is 1. The van der Waals surface area contributed by atoms with Crippen molar-refractivity contribution in [2.75, 3.05) is 40.9 Å². The van der Waals surface area contributed by atoms with Gasteiger partial charge < -0.3 is 28.5 Å². The SMILES string of the molecule is CC/C=C/C/C=C/C/C=C/CCCCCCC(=O)OC(/C=C/CCCCCCCCCCCC)C(COP(=O)([O-])OCC[N+](C)(C)C)NC(=O)CCCCC/C=C/C=C/CCCCCCCCC. The first-order valence-electron chi connectivity index (χ1n) is 27.8. The van der Waals surface area contributed by atoms with Crippen molar-refractivity contribution in [2.24, 2.45) is 0 Å². The second kappa shape index (κ2) is 48.1. The van der Waals surface area contributed by atoms with Gasteiger partial charge in [-0.3, -0.25) is 14.2 Å². The highest BCUT2D eigenvalue weighted by molar-refractivity contribution is 7.45. The van der Waals surface area contributed by atoms with Gasteiger partial charge in [0.1, 0.15) is 19.3 Å². The lowest BCUT2D eigenvalue weighted by molar-refractivity contribution is -0.870. The monoisotopic (exact) mass is 973 g/mol. The van der Waals surface area contributed by atoms with E-state index in [1.807, 2.05) is 33.3 Å². The van der Waals surface area contributed by atoms with Gasteiger partial charge >= 0.3 is 5.97 Å². The molecule has 0 aromatic carbocycles. The van der Waals surface area contributed by atoms with E-state index < -0.39 is 26.6 Å². The van der Waals surface area contributed by atoms with Crippen LogP contribution in [0.1, 0.15) is 233 Å². The fourth-order valence-corrected chi connectivity index (χ4v) is 8.31. The van der Waals surface area contributed by atoms with Crippen LogP contribution in [0.2, 0.25) is 0 Å². The maximum Gasteiger partial charge on any atom is 0.306 e. The van der Waals surface area contributed by atoms with Gasteiger partial charge in [0.15, 0.2) is 0 Å². The van der Waals surface area contributed by atoms with Gasteiger partial charge in [0.05, 0.1) is 33.8 Å². The number of esters is 1. The molecule has 0 saturated carbocycles. The predicted octanol–water partition coefficient (Wildman–Crippen LogP) is 15.9. The highest BCUT2D eigenvalue weighted by atomic mass is 31.2. The smallest absolute Gasteiger partial charge is 0.306 e. The molecule has 0 aliphatic heterocycles. The zero-order chi connectivity index (χ0) is 50.1. The Kier molecular flexibility index (Phi) is 46.3. The van der Waals surface area contributed by atoms with Crippen LogP contribution in [0.4, 0.5) is 0 Å². The van der Waals surface area contributed by atoms with Crippen molar-refractivity contribution in [1.29, 1.82) is 0 Å². The van der Waals surface area contributed by atoms with Crippen LogP contribution in [0.3, 0.4) is 0 Å². The van der Waals surface area contributed by atoms with E-state index in [0.717, 1.165) is 89.9 Å². The van der Waals surface area contributed by atoms with E-state index in [-0.39, 0.29) is 31.3 Å². The topological polar surface area (TPSA) is 114 Å². The minimum atomic E-state index is -4.71. The van der Waals surface area contributed by atoms with Crippen molar-refractivity contribution in [3.05, 3.63) is 72.9 Å². The number of unbranched alkanes of at least 4 members (excludes halogenated alkanes) is 24. The summed E-state index contributed by atoms with van der Waals surface area (Å²) in [5.41, 5.74) is 0. The minimum Gasteiger partial charge on any atom is -0.756 e. The maximum atomic E-state index is 13.4. The first-order chi connectivity index (χ1) is 32.9. The van der Waals surface area contributed by atoms with Crippen LogP contribution in [-0.2, 0) is 27.9 Å². The molecule has 0 heterocycles. The number of rotatable bonds is 49. The first kappa shape index (κ1) is 65.5.